The molecule has 4 aromatic rings. The van der Waals surface area contributed by atoms with Crippen LogP contribution < -0.4 is 4.74 Å². The maximum absolute atomic E-state index is 5.46. The zero-order valence-electron chi connectivity index (χ0n) is 15.3. The summed E-state index contributed by atoms with van der Waals surface area (Å²) in [5, 5.41) is 9.23. The Morgan fingerprint density at radius 1 is 1.00 bits per heavy atom. The molecule has 0 N–H and O–H groups in total. The second kappa shape index (κ2) is 7.05. The Labute approximate surface area is 160 Å². The first-order valence-corrected chi connectivity index (χ1v) is 9.14. The molecule has 28 heavy (non-hydrogen) atoms. The molecule has 1 fully saturated rings. The molecule has 0 amide bonds. The first kappa shape index (κ1) is 16.9. The Kier molecular flexibility index (Phi) is 4.25. The van der Waals surface area contributed by atoms with E-state index < -0.39 is 0 Å². The van der Waals surface area contributed by atoms with E-state index in [-0.39, 0.29) is 0 Å². The summed E-state index contributed by atoms with van der Waals surface area (Å²) in [6, 6.07) is 11.4. The zero-order valence-corrected chi connectivity index (χ0v) is 15.3. The lowest BCUT2D eigenvalue weighted by Crippen LogP contribution is -2.14. The van der Waals surface area contributed by atoms with E-state index in [1.807, 2.05) is 30.3 Å². The number of rotatable bonds is 4. The van der Waals surface area contributed by atoms with E-state index in [4.69, 9.17) is 18.5 Å². The Balaban J connectivity index is 1.50. The molecule has 8 heteroatoms. The molecule has 1 aliphatic rings. The van der Waals surface area contributed by atoms with Crippen LogP contribution in [0.5, 0.6) is 5.88 Å². The van der Waals surface area contributed by atoms with Gasteiger partial charge < -0.3 is 18.5 Å². The number of fused-ring (bicyclic) bond motifs is 1. The summed E-state index contributed by atoms with van der Waals surface area (Å²) in [7, 11) is 1.58. The number of pyridine rings is 1. The lowest BCUT2D eigenvalue weighted by atomic mass is 9.96. The van der Waals surface area contributed by atoms with Crippen molar-refractivity contribution in [2.24, 2.45) is 0 Å². The molecule has 142 valence electrons. The van der Waals surface area contributed by atoms with Gasteiger partial charge in [0.15, 0.2) is 0 Å². The lowest BCUT2D eigenvalue weighted by molar-refractivity contribution is 0.0838. The Morgan fingerprint density at radius 3 is 2.71 bits per heavy atom. The first-order valence-electron chi connectivity index (χ1n) is 9.14. The summed E-state index contributed by atoms with van der Waals surface area (Å²) in [6.07, 6.45) is 1.87. The fourth-order valence-corrected chi connectivity index (χ4v) is 3.45. The summed E-state index contributed by atoms with van der Waals surface area (Å²) in [5.74, 6) is 2.02. The van der Waals surface area contributed by atoms with Gasteiger partial charge in [-0.05, 0) is 18.9 Å². The Bertz CT molecular complexity index is 1110. The zero-order chi connectivity index (χ0) is 18.9. The van der Waals surface area contributed by atoms with Gasteiger partial charge in [0.2, 0.25) is 17.5 Å². The van der Waals surface area contributed by atoms with Gasteiger partial charge in [-0.2, -0.15) is 4.98 Å². The Hall–Kier alpha value is -3.26. The van der Waals surface area contributed by atoms with Crippen molar-refractivity contribution >= 4 is 10.9 Å². The topological polar surface area (TPSA) is 96.3 Å². The minimum atomic E-state index is 0.292. The van der Waals surface area contributed by atoms with Gasteiger partial charge in [-0.15, -0.1) is 0 Å². The Morgan fingerprint density at radius 2 is 1.86 bits per heavy atom. The molecule has 8 nitrogen and oxygen atoms in total. The van der Waals surface area contributed by atoms with Crippen LogP contribution in [-0.2, 0) is 4.74 Å². The van der Waals surface area contributed by atoms with Gasteiger partial charge >= 0.3 is 0 Å². The minimum absolute atomic E-state index is 0.292. The monoisotopic (exact) mass is 378 g/mol. The highest BCUT2D eigenvalue weighted by Gasteiger charge is 2.23. The molecule has 0 atom stereocenters. The second-order valence-corrected chi connectivity index (χ2v) is 6.66. The number of benzene rings is 1. The van der Waals surface area contributed by atoms with Crippen LogP contribution in [0, 0.1) is 0 Å². The molecule has 0 aliphatic carbocycles. The predicted molar refractivity (Wildman–Crippen MR) is 99.9 cm³/mol. The smallest absolute Gasteiger partial charge is 0.296 e. The first-order chi connectivity index (χ1) is 13.8. The molecule has 3 aromatic heterocycles. The highest BCUT2D eigenvalue weighted by atomic mass is 16.5. The number of para-hydroxylation sites is 1. The van der Waals surface area contributed by atoms with Crippen LogP contribution in [0.4, 0.5) is 0 Å². The minimum Gasteiger partial charge on any atom is -0.481 e. The van der Waals surface area contributed by atoms with E-state index in [9.17, 15) is 0 Å². The SMILES string of the molecule is COc1cc(-c2noc(-c3cc(C4CCOCC4)no3)n2)c2ccccc2n1. The maximum atomic E-state index is 5.46. The maximum Gasteiger partial charge on any atom is 0.296 e. The molecule has 0 spiro atoms. The van der Waals surface area contributed by atoms with E-state index in [2.05, 4.69) is 20.3 Å². The van der Waals surface area contributed by atoms with Gasteiger partial charge in [-0.3, -0.25) is 0 Å². The van der Waals surface area contributed by atoms with Crippen molar-refractivity contribution in [3.8, 4) is 28.9 Å². The lowest BCUT2D eigenvalue weighted by Gasteiger charge is -2.19. The van der Waals surface area contributed by atoms with Crippen LogP contribution in [-0.4, -0.2) is 40.6 Å². The van der Waals surface area contributed by atoms with E-state index >= 15 is 0 Å². The van der Waals surface area contributed by atoms with Gasteiger partial charge in [0, 0.05) is 42.2 Å². The highest BCUT2D eigenvalue weighted by molar-refractivity contribution is 5.93. The second-order valence-electron chi connectivity index (χ2n) is 6.66. The number of methoxy groups -OCH3 is 1. The number of aromatic nitrogens is 4. The normalized spacial score (nSPS) is 15.2. The van der Waals surface area contributed by atoms with Crippen molar-refractivity contribution in [2.45, 2.75) is 18.8 Å². The summed E-state index contributed by atoms with van der Waals surface area (Å²) >= 11 is 0. The number of hydrogen-bond donors (Lipinski definition) is 0. The standard InChI is InChI=1S/C20H18N4O4/c1-25-18-10-14(13-4-2-3-5-15(13)21-18)19-22-20(28-24-19)17-11-16(23-27-17)12-6-8-26-9-7-12/h2-5,10-12H,6-9H2,1H3. The average Bonchev–Trinajstić information content (AvgIpc) is 3.43. The van der Waals surface area contributed by atoms with Crippen molar-refractivity contribution in [3.63, 3.8) is 0 Å². The number of ether oxygens (including phenoxy) is 2. The van der Waals surface area contributed by atoms with Crippen LogP contribution in [0.15, 0.2) is 45.4 Å². The molecule has 1 aliphatic heterocycles. The summed E-state index contributed by atoms with van der Waals surface area (Å²) < 4.78 is 21.6. The van der Waals surface area contributed by atoms with Crippen LogP contribution in [0.3, 0.4) is 0 Å². The molecular weight excluding hydrogens is 360 g/mol. The average molecular weight is 378 g/mol. The van der Waals surface area contributed by atoms with E-state index in [1.165, 1.54) is 0 Å². The van der Waals surface area contributed by atoms with E-state index in [0.29, 0.717) is 29.3 Å². The third-order valence-electron chi connectivity index (χ3n) is 4.95. The van der Waals surface area contributed by atoms with E-state index in [1.54, 1.807) is 13.2 Å². The van der Waals surface area contributed by atoms with Gasteiger partial charge in [0.25, 0.3) is 5.89 Å². The molecule has 1 aromatic carbocycles. The van der Waals surface area contributed by atoms with Crippen molar-refractivity contribution in [1.29, 1.82) is 0 Å². The molecule has 4 heterocycles. The van der Waals surface area contributed by atoms with Crippen LogP contribution in [0.1, 0.15) is 24.5 Å². The van der Waals surface area contributed by atoms with Crippen LogP contribution >= 0.6 is 0 Å². The predicted octanol–water partition coefficient (Wildman–Crippen LogP) is 3.84. The van der Waals surface area contributed by atoms with E-state index in [0.717, 1.165) is 48.2 Å². The number of nitrogens with zero attached hydrogens (tertiary/aromatic N) is 4. The number of hydrogen-bond acceptors (Lipinski definition) is 8. The molecule has 0 radical (unpaired) electrons. The van der Waals surface area contributed by atoms with Crippen molar-refractivity contribution in [1.82, 2.24) is 20.3 Å². The quantitative estimate of drug-likeness (QED) is 0.528. The molecule has 0 unspecified atom stereocenters. The molecular formula is C20H18N4O4. The highest BCUT2D eigenvalue weighted by Crippen LogP contribution is 2.32. The fraction of sp³-hybridized carbons (Fsp3) is 0.300. The van der Waals surface area contributed by atoms with Gasteiger partial charge in [-0.25, -0.2) is 4.98 Å². The fourth-order valence-electron chi connectivity index (χ4n) is 3.45. The molecule has 0 saturated carbocycles. The van der Waals surface area contributed by atoms with Crippen LogP contribution in [0.2, 0.25) is 0 Å². The van der Waals surface area contributed by atoms with Crippen molar-refractivity contribution in [2.75, 3.05) is 20.3 Å². The molecule has 5 rings (SSSR count). The molecule has 1 saturated heterocycles. The summed E-state index contributed by atoms with van der Waals surface area (Å²) in [4.78, 5) is 8.97. The third-order valence-corrected chi connectivity index (χ3v) is 4.95. The van der Waals surface area contributed by atoms with Crippen LogP contribution in [0.25, 0.3) is 33.9 Å². The van der Waals surface area contributed by atoms with Gasteiger partial charge in [0.05, 0.1) is 18.3 Å². The molecule has 0 bridgehead atoms. The van der Waals surface area contributed by atoms with Crippen molar-refractivity contribution in [3.05, 3.63) is 42.1 Å². The summed E-state index contributed by atoms with van der Waals surface area (Å²) in [6.45, 7) is 1.49. The third kappa shape index (κ3) is 3.01. The van der Waals surface area contributed by atoms with Crippen molar-refractivity contribution < 1.29 is 18.5 Å². The largest absolute Gasteiger partial charge is 0.481 e. The summed E-state index contributed by atoms with van der Waals surface area (Å²) in [5.41, 5.74) is 2.47. The van der Waals surface area contributed by atoms with Gasteiger partial charge in [0.1, 0.15) is 0 Å². The van der Waals surface area contributed by atoms with Gasteiger partial charge in [-0.1, -0.05) is 28.5 Å².